The third kappa shape index (κ3) is 3.22. The van der Waals surface area contributed by atoms with E-state index in [1.165, 1.54) is 12.1 Å². The Morgan fingerprint density at radius 3 is 2.53 bits per heavy atom. The zero-order chi connectivity index (χ0) is 25.0. The minimum atomic E-state index is -1.19. The van der Waals surface area contributed by atoms with Gasteiger partial charge in [-0.25, -0.2) is 4.39 Å². The normalized spacial score (nSPS) is 21.5. The van der Waals surface area contributed by atoms with Crippen molar-refractivity contribution in [2.75, 3.05) is 20.2 Å². The Bertz CT molecular complexity index is 1500. The first-order chi connectivity index (χ1) is 17.4. The average molecular weight is 484 g/mol. The molecule has 6 nitrogen and oxygen atoms in total. The van der Waals surface area contributed by atoms with Crippen molar-refractivity contribution in [2.24, 2.45) is 0 Å². The number of carbonyl (C=O) groups excluding carboxylic acids is 2. The largest absolute Gasteiger partial charge is 0.496 e. The number of hydrogen-bond donors (Lipinski definition) is 1. The number of nitrogens with zero attached hydrogens (tertiary/aromatic N) is 2. The molecule has 1 saturated heterocycles. The Hall–Kier alpha value is -4.13. The molecule has 2 amide bonds. The maximum Gasteiger partial charge on any atom is 0.255 e. The number of carbonyl (C=O) groups is 2. The molecule has 0 spiro atoms. The van der Waals surface area contributed by atoms with Crippen molar-refractivity contribution in [3.05, 3.63) is 101 Å². The van der Waals surface area contributed by atoms with E-state index in [1.807, 2.05) is 49.4 Å². The molecule has 0 aliphatic carbocycles. The molecule has 1 N–H and O–H groups in total. The lowest BCUT2D eigenvalue weighted by Gasteiger charge is -2.51. The van der Waals surface area contributed by atoms with Crippen LogP contribution in [-0.4, -0.2) is 46.8 Å². The number of benzene rings is 3. The molecule has 2 atom stereocenters. The van der Waals surface area contributed by atoms with Gasteiger partial charge in [0.1, 0.15) is 18.1 Å². The van der Waals surface area contributed by atoms with Crippen LogP contribution in [0.3, 0.4) is 0 Å². The molecule has 6 rings (SSSR count). The number of fused-ring (bicyclic) bond motifs is 5. The zero-order valence-corrected chi connectivity index (χ0v) is 20.1. The van der Waals surface area contributed by atoms with Gasteiger partial charge >= 0.3 is 0 Å². The van der Waals surface area contributed by atoms with E-state index < -0.39 is 5.54 Å². The van der Waals surface area contributed by atoms with Gasteiger partial charge in [-0.05, 0) is 42.3 Å². The molecule has 0 saturated carbocycles. The summed E-state index contributed by atoms with van der Waals surface area (Å²) in [5.41, 5.74) is 3.21. The number of rotatable bonds is 4. The number of hydrogen-bond acceptors (Lipinski definition) is 3. The first kappa shape index (κ1) is 22.3. The molecule has 3 heterocycles. The van der Waals surface area contributed by atoms with Crippen LogP contribution >= 0.6 is 0 Å². The molecule has 2 aliphatic heterocycles. The number of aromatic amines is 1. The van der Waals surface area contributed by atoms with Gasteiger partial charge in [0.2, 0.25) is 5.91 Å². The van der Waals surface area contributed by atoms with Crippen molar-refractivity contribution in [1.82, 2.24) is 14.8 Å². The van der Waals surface area contributed by atoms with Crippen LogP contribution in [0.15, 0.2) is 72.8 Å². The fraction of sp³-hybridized carbons (Fsp3) is 0.241. The van der Waals surface area contributed by atoms with Gasteiger partial charge in [0.15, 0.2) is 5.54 Å². The molecule has 182 valence electrons. The standard InChI is InChI=1S/C29H26FN3O3/c1-29-27-26(21-8-3-5-9-23(21)31-27)22(20-7-4-6-10-24(20)36-2)16-33(29)25(34)17-32(28(29)35)15-18-11-13-19(30)14-12-18/h3-14,22,31H,15-17H2,1-2H3/t22?,29-/m0/s1. The highest BCUT2D eigenvalue weighted by atomic mass is 19.1. The van der Waals surface area contributed by atoms with Gasteiger partial charge in [-0.3, -0.25) is 9.59 Å². The van der Waals surface area contributed by atoms with Crippen molar-refractivity contribution in [3.63, 3.8) is 0 Å². The summed E-state index contributed by atoms with van der Waals surface area (Å²) in [5, 5.41) is 1.03. The van der Waals surface area contributed by atoms with E-state index in [1.54, 1.807) is 29.0 Å². The molecule has 1 unspecified atom stereocenters. The van der Waals surface area contributed by atoms with Crippen molar-refractivity contribution >= 4 is 22.7 Å². The summed E-state index contributed by atoms with van der Waals surface area (Å²) in [5.74, 6) is -0.0340. The number of aromatic nitrogens is 1. The molecule has 1 aromatic heterocycles. The minimum Gasteiger partial charge on any atom is -0.496 e. The second kappa shape index (κ2) is 8.22. The Kier molecular flexibility index (Phi) is 5.10. The summed E-state index contributed by atoms with van der Waals surface area (Å²) >= 11 is 0. The van der Waals surface area contributed by atoms with Gasteiger partial charge in [0, 0.05) is 35.5 Å². The van der Waals surface area contributed by atoms with Gasteiger partial charge < -0.3 is 19.5 Å². The van der Waals surface area contributed by atoms with Gasteiger partial charge in [-0.1, -0.05) is 48.5 Å². The van der Waals surface area contributed by atoms with Crippen molar-refractivity contribution in [3.8, 4) is 5.75 Å². The maximum atomic E-state index is 14.1. The second-order valence-corrected chi connectivity index (χ2v) is 9.62. The Morgan fingerprint density at radius 2 is 1.75 bits per heavy atom. The highest BCUT2D eigenvalue weighted by Gasteiger charge is 2.56. The monoisotopic (exact) mass is 483 g/mol. The lowest BCUT2D eigenvalue weighted by molar-refractivity contribution is -0.166. The summed E-state index contributed by atoms with van der Waals surface area (Å²) in [6, 6.07) is 21.9. The van der Waals surface area contributed by atoms with Crippen LogP contribution in [0.5, 0.6) is 5.75 Å². The smallest absolute Gasteiger partial charge is 0.255 e. The predicted molar refractivity (Wildman–Crippen MR) is 134 cm³/mol. The lowest BCUT2D eigenvalue weighted by atomic mass is 9.76. The first-order valence-electron chi connectivity index (χ1n) is 12.0. The molecule has 0 bridgehead atoms. The summed E-state index contributed by atoms with van der Waals surface area (Å²) in [7, 11) is 1.64. The van der Waals surface area contributed by atoms with E-state index in [0.29, 0.717) is 6.54 Å². The third-order valence-electron chi connectivity index (χ3n) is 7.62. The molecular formula is C29H26FN3O3. The van der Waals surface area contributed by atoms with Gasteiger partial charge in [0.25, 0.3) is 5.91 Å². The summed E-state index contributed by atoms with van der Waals surface area (Å²) in [6.45, 7) is 2.40. The number of ether oxygens (including phenoxy) is 1. The van der Waals surface area contributed by atoms with Crippen LogP contribution in [0.1, 0.15) is 35.2 Å². The average Bonchev–Trinajstić information content (AvgIpc) is 3.29. The van der Waals surface area contributed by atoms with Crippen LogP contribution < -0.4 is 4.74 Å². The summed E-state index contributed by atoms with van der Waals surface area (Å²) < 4.78 is 19.1. The van der Waals surface area contributed by atoms with Gasteiger partial charge in [-0.15, -0.1) is 0 Å². The van der Waals surface area contributed by atoms with E-state index >= 15 is 0 Å². The number of para-hydroxylation sites is 2. The fourth-order valence-electron chi connectivity index (χ4n) is 5.85. The molecular weight excluding hydrogens is 457 g/mol. The van der Waals surface area contributed by atoms with Crippen LogP contribution in [0.2, 0.25) is 0 Å². The minimum absolute atomic E-state index is 0.0278. The Balaban J connectivity index is 1.51. The predicted octanol–water partition coefficient (Wildman–Crippen LogP) is 4.55. The van der Waals surface area contributed by atoms with E-state index in [2.05, 4.69) is 11.1 Å². The van der Waals surface area contributed by atoms with E-state index in [0.717, 1.165) is 39.0 Å². The Labute approximate surface area is 208 Å². The van der Waals surface area contributed by atoms with Gasteiger partial charge in [0.05, 0.1) is 12.8 Å². The summed E-state index contributed by atoms with van der Waals surface area (Å²) in [6.07, 6.45) is 0. The zero-order valence-electron chi connectivity index (χ0n) is 20.1. The van der Waals surface area contributed by atoms with E-state index in [4.69, 9.17) is 4.74 Å². The lowest BCUT2D eigenvalue weighted by Crippen LogP contribution is -2.67. The van der Waals surface area contributed by atoms with E-state index in [-0.39, 0.29) is 36.6 Å². The third-order valence-corrected chi connectivity index (χ3v) is 7.62. The van der Waals surface area contributed by atoms with Crippen LogP contribution in [0.25, 0.3) is 10.9 Å². The fourth-order valence-corrected chi connectivity index (χ4v) is 5.85. The first-order valence-corrected chi connectivity index (χ1v) is 12.0. The van der Waals surface area contributed by atoms with E-state index in [9.17, 15) is 14.0 Å². The highest BCUT2D eigenvalue weighted by molar-refractivity contribution is 6.01. The quantitative estimate of drug-likeness (QED) is 0.463. The van der Waals surface area contributed by atoms with Crippen molar-refractivity contribution in [1.29, 1.82) is 0 Å². The molecule has 7 heteroatoms. The number of amides is 2. The van der Waals surface area contributed by atoms with Crippen LogP contribution in [-0.2, 0) is 21.7 Å². The Morgan fingerprint density at radius 1 is 1.03 bits per heavy atom. The summed E-state index contributed by atoms with van der Waals surface area (Å²) in [4.78, 5) is 34.5. The number of nitrogens with one attached hydrogen (secondary N) is 1. The number of methoxy groups -OCH3 is 1. The molecule has 36 heavy (non-hydrogen) atoms. The van der Waals surface area contributed by atoms with Crippen LogP contribution in [0.4, 0.5) is 4.39 Å². The number of piperazine rings is 1. The maximum absolute atomic E-state index is 14.1. The molecule has 2 aliphatic rings. The molecule has 3 aromatic carbocycles. The van der Waals surface area contributed by atoms with Gasteiger partial charge in [-0.2, -0.15) is 0 Å². The topological polar surface area (TPSA) is 65.6 Å². The number of H-pyrrole nitrogens is 1. The molecule has 4 aromatic rings. The van der Waals surface area contributed by atoms with Crippen molar-refractivity contribution in [2.45, 2.75) is 24.9 Å². The van der Waals surface area contributed by atoms with Crippen LogP contribution in [0, 0.1) is 5.82 Å². The second-order valence-electron chi connectivity index (χ2n) is 9.62. The SMILES string of the molecule is COc1ccccc1C1CN2C(=O)CN(Cc3ccc(F)cc3)C(=O)[C@]2(C)c2[nH]c3ccccc3c21. The highest BCUT2D eigenvalue weighted by Crippen LogP contribution is 2.49. The number of halogens is 1. The molecule has 1 fully saturated rings. The van der Waals surface area contributed by atoms with Crippen molar-refractivity contribution < 1.29 is 18.7 Å². The molecule has 0 radical (unpaired) electrons.